The number of hydrogen-bond acceptors (Lipinski definition) is 4. The molecule has 0 saturated heterocycles. The molecule has 0 spiro atoms. The summed E-state index contributed by atoms with van der Waals surface area (Å²) in [5, 5.41) is 8.87. The molecule has 2 aromatic rings. The van der Waals surface area contributed by atoms with Crippen LogP contribution in [-0.2, 0) is 10.0 Å². The van der Waals surface area contributed by atoms with Crippen molar-refractivity contribution in [3.8, 4) is 6.07 Å². The van der Waals surface area contributed by atoms with Gasteiger partial charge in [0.15, 0.2) is 0 Å². The summed E-state index contributed by atoms with van der Waals surface area (Å²) in [7, 11) is -2.27. The van der Waals surface area contributed by atoms with E-state index in [4.69, 9.17) is 5.26 Å². The molecule has 7 heteroatoms. The molecule has 0 aliphatic rings. The highest BCUT2D eigenvalue weighted by Crippen LogP contribution is 2.23. The van der Waals surface area contributed by atoms with Gasteiger partial charge in [0.2, 0.25) is 0 Å². The fourth-order valence-corrected chi connectivity index (χ4v) is 3.30. The van der Waals surface area contributed by atoms with Crippen LogP contribution >= 0.6 is 15.9 Å². The first-order valence-electron chi connectivity index (χ1n) is 5.55. The van der Waals surface area contributed by atoms with Crippen LogP contribution in [-0.4, -0.2) is 20.4 Å². The van der Waals surface area contributed by atoms with Crippen LogP contribution in [0.4, 0.5) is 5.69 Å². The second kappa shape index (κ2) is 5.61. The van der Waals surface area contributed by atoms with E-state index in [0.717, 1.165) is 4.31 Å². The van der Waals surface area contributed by atoms with Gasteiger partial charge in [-0.1, -0.05) is 6.07 Å². The Hall–Kier alpha value is -1.91. The minimum atomic E-state index is -3.71. The van der Waals surface area contributed by atoms with Gasteiger partial charge in [0.25, 0.3) is 10.0 Å². The van der Waals surface area contributed by atoms with Crippen LogP contribution in [0.25, 0.3) is 0 Å². The lowest BCUT2D eigenvalue weighted by Crippen LogP contribution is -2.26. The van der Waals surface area contributed by atoms with Crippen molar-refractivity contribution in [1.29, 1.82) is 5.26 Å². The number of aromatic nitrogens is 1. The van der Waals surface area contributed by atoms with Gasteiger partial charge in [0, 0.05) is 23.9 Å². The molecule has 0 aliphatic carbocycles. The lowest BCUT2D eigenvalue weighted by molar-refractivity contribution is 0.594. The zero-order valence-corrected chi connectivity index (χ0v) is 12.9. The summed E-state index contributed by atoms with van der Waals surface area (Å²) in [6, 6.07) is 9.86. The molecule has 20 heavy (non-hydrogen) atoms. The summed E-state index contributed by atoms with van der Waals surface area (Å²) in [5.74, 6) is 0. The highest BCUT2D eigenvalue weighted by Gasteiger charge is 2.22. The van der Waals surface area contributed by atoms with Crippen molar-refractivity contribution in [2.75, 3.05) is 11.4 Å². The molecule has 102 valence electrons. The normalized spacial score (nSPS) is 10.8. The summed E-state index contributed by atoms with van der Waals surface area (Å²) < 4.78 is 26.6. The molecule has 0 saturated carbocycles. The third kappa shape index (κ3) is 2.81. The Bertz CT molecular complexity index is 784. The first-order chi connectivity index (χ1) is 9.45. The van der Waals surface area contributed by atoms with E-state index >= 15 is 0 Å². The van der Waals surface area contributed by atoms with E-state index in [1.54, 1.807) is 18.2 Å². The third-order valence-electron chi connectivity index (χ3n) is 2.68. The van der Waals surface area contributed by atoms with Gasteiger partial charge in [0.1, 0.15) is 4.90 Å². The van der Waals surface area contributed by atoms with E-state index in [0.29, 0.717) is 15.7 Å². The van der Waals surface area contributed by atoms with Gasteiger partial charge in [0.05, 0.1) is 17.3 Å². The van der Waals surface area contributed by atoms with Crippen molar-refractivity contribution >= 4 is 31.6 Å². The minimum absolute atomic E-state index is 0.0803. The number of nitrogens with zero attached hydrogens (tertiary/aromatic N) is 3. The van der Waals surface area contributed by atoms with E-state index in [1.165, 1.54) is 31.6 Å². The van der Waals surface area contributed by atoms with E-state index < -0.39 is 10.0 Å². The molecule has 1 aromatic heterocycles. The molecule has 0 N–H and O–H groups in total. The molecule has 1 heterocycles. The SMILES string of the molecule is CN(c1cccc(C#N)c1)S(=O)(=O)c1cncc(Br)c1. The van der Waals surface area contributed by atoms with Gasteiger partial charge in [-0.05, 0) is 40.2 Å². The van der Waals surface area contributed by atoms with E-state index in [1.807, 2.05) is 6.07 Å². The first-order valence-corrected chi connectivity index (χ1v) is 7.78. The van der Waals surface area contributed by atoms with Crippen LogP contribution in [0.2, 0.25) is 0 Å². The maximum atomic E-state index is 12.5. The molecule has 0 radical (unpaired) electrons. The van der Waals surface area contributed by atoms with Crippen LogP contribution in [0, 0.1) is 11.3 Å². The van der Waals surface area contributed by atoms with Gasteiger partial charge < -0.3 is 0 Å². The van der Waals surface area contributed by atoms with Crippen LogP contribution in [0.5, 0.6) is 0 Å². The predicted molar refractivity (Wildman–Crippen MR) is 78.7 cm³/mol. The molecule has 0 aliphatic heterocycles. The Morgan fingerprint density at radius 1 is 1.30 bits per heavy atom. The molecule has 0 bridgehead atoms. The number of nitriles is 1. The highest BCUT2D eigenvalue weighted by molar-refractivity contribution is 9.10. The lowest BCUT2D eigenvalue weighted by atomic mass is 10.2. The Morgan fingerprint density at radius 2 is 2.05 bits per heavy atom. The third-order valence-corrected chi connectivity index (χ3v) is 4.86. The number of rotatable bonds is 3. The van der Waals surface area contributed by atoms with Crippen molar-refractivity contribution in [2.45, 2.75) is 4.90 Å². The standard InChI is InChI=1S/C13H10BrN3O2S/c1-17(12-4-2-3-10(5-12)7-15)20(18,19)13-6-11(14)8-16-9-13/h2-6,8-9H,1H3. The smallest absolute Gasteiger partial charge is 0.265 e. The second-order valence-corrected chi connectivity index (χ2v) is 6.86. The van der Waals surface area contributed by atoms with E-state index in [2.05, 4.69) is 20.9 Å². The maximum Gasteiger partial charge on any atom is 0.265 e. The first kappa shape index (κ1) is 14.5. The molecule has 1 aromatic carbocycles. The van der Waals surface area contributed by atoms with Crippen molar-refractivity contribution < 1.29 is 8.42 Å². The number of halogens is 1. The Balaban J connectivity index is 2.46. The zero-order valence-electron chi connectivity index (χ0n) is 10.5. The Kier molecular flexibility index (Phi) is 4.06. The van der Waals surface area contributed by atoms with Crippen molar-refractivity contribution in [2.24, 2.45) is 0 Å². The summed E-state index contributed by atoms with van der Waals surface area (Å²) in [6.45, 7) is 0. The summed E-state index contributed by atoms with van der Waals surface area (Å²) >= 11 is 3.19. The molecular weight excluding hydrogens is 342 g/mol. The number of pyridine rings is 1. The van der Waals surface area contributed by atoms with E-state index in [-0.39, 0.29) is 4.90 Å². The fourth-order valence-electron chi connectivity index (χ4n) is 1.60. The van der Waals surface area contributed by atoms with Crippen molar-refractivity contribution in [3.05, 3.63) is 52.8 Å². The number of sulfonamides is 1. The topological polar surface area (TPSA) is 74.1 Å². The fraction of sp³-hybridized carbons (Fsp3) is 0.0769. The maximum absolute atomic E-state index is 12.5. The van der Waals surface area contributed by atoms with Gasteiger partial charge >= 0.3 is 0 Å². The predicted octanol–water partition coefficient (Wildman–Crippen LogP) is 2.54. The largest absolute Gasteiger partial charge is 0.269 e. The van der Waals surface area contributed by atoms with Crippen LogP contribution < -0.4 is 4.31 Å². The van der Waals surface area contributed by atoms with Crippen molar-refractivity contribution in [1.82, 2.24) is 4.98 Å². The lowest BCUT2D eigenvalue weighted by Gasteiger charge is -2.19. The molecule has 5 nitrogen and oxygen atoms in total. The molecule has 0 atom stereocenters. The number of anilines is 1. The summed E-state index contributed by atoms with van der Waals surface area (Å²) in [6.07, 6.45) is 2.79. The van der Waals surface area contributed by atoms with Gasteiger partial charge in [-0.2, -0.15) is 5.26 Å². The molecule has 0 unspecified atom stereocenters. The average Bonchev–Trinajstić information content (AvgIpc) is 2.46. The van der Waals surface area contributed by atoms with Crippen LogP contribution in [0.3, 0.4) is 0 Å². The molecule has 0 amide bonds. The second-order valence-electron chi connectivity index (χ2n) is 3.97. The average molecular weight is 352 g/mol. The van der Waals surface area contributed by atoms with Crippen molar-refractivity contribution in [3.63, 3.8) is 0 Å². The number of hydrogen-bond donors (Lipinski definition) is 0. The number of benzene rings is 1. The van der Waals surface area contributed by atoms with Crippen LogP contribution in [0.15, 0.2) is 52.1 Å². The Labute approximate surface area is 125 Å². The molecule has 0 fully saturated rings. The highest BCUT2D eigenvalue weighted by atomic mass is 79.9. The summed E-state index contributed by atoms with van der Waals surface area (Å²) in [5.41, 5.74) is 0.820. The van der Waals surface area contributed by atoms with Gasteiger partial charge in [-0.3, -0.25) is 9.29 Å². The monoisotopic (exact) mass is 351 g/mol. The molecular formula is C13H10BrN3O2S. The Morgan fingerprint density at radius 3 is 2.70 bits per heavy atom. The molecule has 2 rings (SSSR count). The zero-order chi connectivity index (χ0) is 14.8. The van der Waals surface area contributed by atoms with E-state index in [9.17, 15) is 8.42 Å². The van der Waals surface area contributed by atoms with Crippen LogP contribution in [0.1, 0.15) is 5.56 Å². The van der Waals surface area contributed by atoms with Gasteiger partial charge in [-0.25, -0.2) is 8.42 Å². The minimum Gasteiger partial charge on any atom is -0.269 e. The quantitative estimate of drug-likeness (QED) is 0.851. The van der Waals surface area contributed by atoms with Gasteiger partial charge in [-0.15, -0.1) is 0 Å². The summed E-state index contributed by atoms with van der Waals surface area (Å²) in [4.78, 5) is 3.94.